The number of carbonyl (C=O) groups is 3. The number of unbranched alkanes of at least 4 members (excludes halogenated alkanes) is 18. The molecule has 0 aromatic carbocycles. The molecule has 0 saturated carbocycles. The average Bonchev–Trinajstić information content (AvgIpc) is 3.31. The van der Waals surface area contributed by atoms with E-state index in [1.54, 1.807) is 0 Å². The zero-order valence-corrected chi connectivity index (χ0v) is 43.9. The van der Waals surface area contributed by atoms with Crippen molar-refractivity contribution in [1.29, 1.82) is 0 Å². The number of ether oxygens (including phenoxy) is 4. The largest absolute Gasteiger partial charge is 0.465 e. The van der Waals surface area contributed by atoms with E-state index in [0.29, 0.717) is 45.6 Å². The molecule has 1 unspecified atom stereocenters. The van der Waals surface area contributed by atoms with Gasteiger partial charge in [0.25, 0.3) is 0 Å². The molecule has 0 bridgehead atoms. The van der Waals surface area contributed by atoms with Gasteiger partial charge in [-0.05, 0) is 130 Å². The molecule has 0 radical (unpaired) electrons. The Hall–Kier alpha value is -2.75. The highest BCUT2D eigenvalue weighted by atomic mass is 16.7. The minimum atomic E-state index is -0.474. The fraction of sp³-hybridized carbons (Fsp3) is 0.807. The van der Waals surface area contributed by atoms with Crippen LogP contribution >= 0.6 is 0 Å². The molecule has 1 amide bonds. The summed E-state index contributed by atoms with van der Waals surface area (Å²) in [5.74, 6) is -0.758. The highest BCUT2D eigenvalue weighted by molar-refractivity contribution is 5.76. The van der Waals surface area contributed by atoms with Gasteiger partial charge in [0.15, 0.2) is 6.29 Å². The predicted molar refractivity (Wildman–Crippen MR) is 279 cm³/mol. The van der Waals surface area contributed by atoms with Gasteiger partial charge in [-0.25, -0.2) is 0 Å². The third-order valence-corrected chi connectivity index (χ3v) is 11.7. The molecule has 9 nitrogen and oxygen atoms in total. The highest BCUT2D eigenvalue weighted by Crippen LogP contribution is 2.16. The fourth-order valence-corrected chi connectivity index (χ4v) is 7.55. The van der Waals surface area contributed by atoms with Gasteiger partial charge in [-0.1, -0.05) is 141 Å². The van der Waals surface area contributed by atoms with Gasteiger partial charge < -0.3 is 28.7 Å². The Kier molecular flexibility index (Phi) is 48.0. The Labute approximate surface area is 407 Å². The molecule has 0 heterocycles. The Morgan fingerprint density at radius 2 is 0.924 bits per heavy atom. The molecule has 0 aromatic rings. The molecule has 66 heavy (non-hydrogen) atoms. The molecule has 0 N–H and O–H groups in total. The maximum atomic E-state index is 13.7. The average molecular weight is 929 g/mol. The van der Waals surface area contributed by atoms with Crippen molar-refractivity contribution < 1.29 is 33.3 Å². The molecule has 0 aliphatic carbocycles. The fourth-order valence-electron chi connectivity index (χ4n) is 7.55. The molecular formula is C57H104N2O7. The lowest BCUT2D eigenvalue weighted by atomic mass is 10.1. The van der Waals surface area contributed by atoms with E-state index in [9.17, 15) is 14.4 Å². The quantitative estimate of drug-likeness (QED) is 0.0258. The van der Waals surface area contributed by atoms with Gasteiger partial charge in [0.05, 0.1) is 19.6 Å². The molecule has 0 rings (SSSR count). The first kappa shape index (κ1) is 63.2. The zero-order chi connectivity index (χ0) is 48.4. The first-order valence-electron chi connectivity index (χ1n) is 27.3. The SMILES string of the molecule is CC/C=C\CCCCOC(CCC(=O)OCC(COC(=O)CCCCCCC/C=C\C/C=C\CCCCC)CN(CCCCN(C)C)C(=O)CCCCCCCC)OCCCC/C=C\CC. The van der Waals surface area contributed by atoms with E-state index in [1.165, 1.54) is 51.4 Å². The summed E-state index contributed by atoms with van der Waals surface area (Å²) in [5, 5.41) is 0. The number of carbonyl (C=O) groups excluding carboxylic acids is 3. The van der Waals surface area contributed by atoms with E-state index in [4.69, 9.17) is 18.9 Å². The molecule has 9 heteroatoms. The molecule has 0 aliphatic heterocycles. The Balaban J connectivity index is 5.42. The molecule has 0 saturated heterocycles. The lowest BCUT2D eigenvalue weighted by Crippen LogP contribution is -2.39. The predicted octanol–water partition coefficient (Wildman–Crippen LogP) is 14.8. The molecule has 1 atom stereocenters. The summed E-state index contributed by atoms with van der Waals surface area (Å²) in [7, 11) is 4.13. The Morgan fingerprint density at radius 1 is 0.470 bits per heavy atom. The van der Waals surface area contributed by atoms with Gasteiger partial charge in [-0.2, -0.15) is 0 Å². The summed E-state index contributed by atoms with van der Waals surface area (Å²) in [4.78, 5) is 44.2. The molecule has 0 aromatic heterocycles. The van der Waals surface area contributed by atoms with Crippen molar-refractivity contribution in [1.82, 2.24) is 9.80 Å². The molecule has 0 aliphatic rings. The number of esters is 2. The van der Waals surface area contributed by atoms with Crippen LogP contribution in [-0.4, -0.2) is 94.1 Å². The molecule has 0 spiro atoms. The standard InChI is InChI=1S/C57H104N2O7/c1-7-11-15-19-23-24-25-26-27-28-29-30-31-33-37-43-55(61)65-51-53(50-59(47-39-38-46-58(5)6)54(60)42-36-32-20-16-12-8-2)52-66-56(62)44-45-57(63-48-40-34-21-17-13-9-3)64-49-41-35-22-18-14-10-4/h13-14,17-18,23-24,26-27,53,57H,7-12,15-16,19-22,25,28-52H2,1-6H3/b17-13-,18-14-,24-23-,27-26-. The van der Waals surface area contributed by atoms with E-state index in [-0.39, 0.29) is 43.4 Å². The van der Waals surface area contributed by atoms with Crippen molar-refractivity contribution >= 4 is 17.8 Å². The number of hydrogen-bond donors (Lipinski definition) is 0. The second kappa shape index (κ2) is 50.1. The summed E-state index contributed by atoms with van der Waals surface area (Å²) in [6, 6.07) is 0. The second-order valence-electron chi connectivity index (χ2n) is 18.5. The molecule has 384 valence electrons. The van der Waals surface area contributed by atoms with Gasteiger partial charge in [0.1, 0.15) is 0 Å². The smallest absolute Gasteiger partial charge is 0.305 e. The summed E-state index contributed by atoms with van der Waals surface area (Å²) < 4.78 is 24.1. The zero-order valence-electron chi connectivity index (χ0n) is 43.9. The second-order valence-corrected chi connectivity index (χ2v) is 18.5. The van der Waals surface area contributed by atoms with Crippen molar-refractivity contribution in [2.75, 3.05) is 60.2 Å². The topological polar surface area (TPSA) is 94.6 Å². The van der Waals surface area contributed by atoms with E-state index in [2.05, 4.69) is 95.3 Å². The Bertz CT molecular complexity index is 1190. The van der Waals surface area contributed by atoms with Crippen LogP contribution in [0, 0.1) is 5.92 Å². The van der Waals surface area contributed by atoms with Crippen LogP contribution in [0.5, 0.6) is 0 Å². The number of allylic oxidation sites excluding steroid dienone is 8. The van der Waals surface area contributed by atoms with E-state index >= 15 is 0 Å². The summed E-state index contributed by atoms with van der Waals surface area (Å²) in [6.45, 7) is 12.1. The monoisotopic (exact) mass is 929 g/mol. The minimum absolute atomic E-state index is 0.0806. The van der Waals surface area contributed by atoms with Crippen LogP contribution in [0.3, 0.4) is 0 Å². The van der Waals surface area contributed by atoms with Crippen molar-refractivity contribution in [3.05, 3.63) is 48.6 Å². The van der Waals surface area contributed by atoms with E-state index < -0.39 is 6.29 Å². The first-order valence-corrected chi connectivity index (χ1v) is 27.3. The third-order valence-electron chi connectivity index (χ3n) is 11.7. The lowest BCUT2D eigenvalue weighted by molar-refractivity contribution is -0.161. The van der Waals surface area contributed by atoms with Crippen molar-refractivity contribution in [2.24, 2.45) is 5.92 Å². The number of nitrogens with zero attached hydrogens (tertiary/aromatic N) is 2. The lowest BCUT2D eigenvalue weighted by Gasteiger charge is -2.28. The van der Waals surface area contributed by atoms with Crippen LogP contribution in [-0.2, 0) is 33.3 Å². The van der Waals surface area contributed by atoms with Crippen LogP contribution in [0.25, 0.3) is 0 Å². The van der Waals surface area contributed by atoms with Crippen molar-refractivity contribution in [2.45, 2.75) is 233 Å². The van der Waals surface area contributed by atoms with Gasteiger partial charge in [-0.15, -0.1) is 0 Å². The van der Waals surface area contributed by atoms with Crippen LogP contribution < -0.4 is 0 Å². The van der Waals surface area contributed by atoms with Gasteiger partial charge in [-0.3, -0.25) is 14.4 Å². The normalized spacial score (nSPS) is 12.5. The maximum absolute atomic E-state index is 13.7. The number of hydrogen-bond acceptors (Lipinski definition) is 8. The van der Waals surface area contributed by atoms with E-state index in [0.717, 1.165) is 129 Å². The molecule has 0 fully saturated rings. The summed E-state index contributed by atoms with van der Waals surface area (Å²) in [6.07, 6.45) is 48.0. The van der Waals surface area contributed by atoms with Crippen molar-refractivity contribution in [3.8, 4) is 0 Å². The van der Waals surface area contributed by atoms with Crippen molar-refractivity contribution in [3.63, 3.8) is 0 Å². The highest BCUT2D eigenvalue weighted by Gasteiger charge is 2.23. The molecular weight excluding hydrogens is 825 g/mol. The van der Waals surface area contributed by atoms with Crippen LogP contribution in [0.4, 0.5) is 0 Å². The van der Waals surface area contributed by atoms with Gasteiger partial charge >= 0.3 is 11.9 Å². The Morgan fingerprint density at radius 3 is 1.48 bits per heavy atom. The van der Waals surface area contributed by atoms with E-state index in [1.807, 2.05) is 4.90 Å². The summed E-state index contributed by atoms with van der Waals surface area (Å²) >= 11 is 0. The van der Waals surface area contributed by atoms with Crippen LogP contribution in [0.2, 0.25) is 0 Å². The minimum Gasteiger partial charge on any atom is -0.465 e. The van der Waals surface area contributed by atoms with Crippen LogP contribution in [0.15, 0.2) is 48.6 Å². The maximum Gasteiger partial charge on any atom is 0.305 e. The third kappa shape index (κ3) is 45.1. The number of amides is 1. The first-order chi connectivity index (χ1) is 32.3. The number of rotatable bonds is 49. The van der Waals surface area contributed by atoms with Gasteiger partial charge in [0.2, 0.25) is 5.91 Å². The summed E-state index contributed by atoms with van der Waals surface area (Å²) in [5.41, 5.74) is 0. The van der Waals surface area contributed by atoms with Gasteiger partial charge in [0, 0.05) is 51.5 Å². The van der Waals surface area contributed by atoms with Crippen LogP contribution in [0.1, 0.15) is 227 Å².